The molecule has 7 heteroatoms. The highest BCUT2D eigenvalue weighted by Crippen LogP contribution is 2.10. The van der Waals surface area contributed by atoms with E-state index in [2.05, 4.69) is 21.2 Å². The predicted molar refractivity (Wildman–Crippen MR) is 93.3 cm³/mol. The highest BCUT2D eigenvalue weighted by Gasteiger charge is 2.02. The fraction of sp³-hybridized carbons (Fsp3) is 0.278. The van der Waals surface area contributed by atoms with Crippen molar-refractivity contribution in [3.63, 3.8) is 0 Å². The fourth-order valence-corrected chi connectivity index (χ4v) is 1.93. The smallest absolute Gasteiger partial charge is 0.223 e. The van der Waals surface area contributed by atoms with Crippen LogP contribution in [0.1, 0.15) is 17.5 Å². The largest absolute Gasteiger partial charge is 0.473 e. The van der Waals surface area contributed by atoms with Gasteiger partial charge < -0.3 is 20.5 Å². The van der Waals surface area contributed by atoms with Crippen LogP contribution < -0.4 is 15.8 Å². The number of hydrogen-bond acceptors (Lipinski definition) is 6. The van der Waals surface area contributed by atoms with Gasteiger partial charge in [0.05, 0.1) is 13.0 Å². The fourth-order valence-electron chi connectivity index (χ4n) is 1.93. The summed E-state index contributed by atoms with van der Waals surface area (Å²) in [6.07, 6.45) is 6.89. The third-order valence-corrected chi connectivity index (χ3v) is 3.21. The van der Waals surface area contributed by atoms with Gasteiger partial charge in [0.1, 0.15) is 13.2 Å². The number of nitrogens with zero attached hydrogens (tertiary/aromatic N) is 2. The molecular weight excluding hydrogens is 320 g/mol. The molecular formula is C18H20N4O3. The van der Waals surface area contributed by atoms with E-state index in [4.69, 9.17) is 21.6 Å². The van der Waals surface area contributed by atoms with Gasteiger partial charge in [0.15, 0.2) is 0 Å². The summed E-state index contributed by atoms with van der Waals surface area (Å²) in [5.41, 5.74) is 7.47. The second kappa shape index (κ2) is 9.90. The number of terminal acetylenes is 1. The highest BCUT2D eigenvalue weighted by atomic mass is 16.5. The van der Waals surface area contributed by atoms with Gasteiger partial charge in [-0.3, -0.25) is 4.79 Å². The van der Waals surface area contributed by atoms with Crippen LogP contribution in [0.5, 0.6) is 5.88 Å². The molecule has 0 fully saturated rings. The van der Waals surface area contributed by atoms with Crippen LogP contribution in [-0.2, 0) is 22.7 Å². The standard InChI is InChI=1S/C18H20N4O3/c1-2-10-24-11-8-16(23)21-12-14-3-5-15(6-4-14)13-25-17-7-9-20-18(19)22-17/h1,3-7,9H,8,10-13H2,(H,21,23)(H2,19,20,22). The van der Waals surface area contributed by atoms with E-state index in [1.807, 2.05) is 24.3 Å². The molecule has 1 aromatic heterocycles. The Morgan fingerprint density at radius 3 is 2.72 bits per heavy atom. The summed E-state index contributed by atoms with van der Waals surface area (Å²) in [7, 11) is 0. The van der Waals surface area contributed by atoms with Crippen LogP contribution in [0.3, 0.4) is 0 Å². The van der Waals surface area contributed by atoms with Crippen molar-refractivity contribution in [2.24, 2.45) is 0 Å². The highest BCUT2D eigenvalue weighted by molar-refractivity contribution is 5.75. The second-order valence-corrected chi connectivity index (χ2v) is 5.14. The first-order valence-electron chi connectivity index (χ1n) is 7.74. The number of nitrogens with two attached hydrogens (primary N) is 1. The molecule has 0 aliphatic rings. The van der Waals surface area contributed by atoms with Crippen molar-refractivity contribution in [3.8, 4) is 18.2 Å². The van der Waals surface area contributed by atoms with E-state index in [9.17, 15) is 4.79 Å². The van der Waals surface area contributed by atoms with E-state index in [-0.39, 0.29) is 24.9 Å². The van der Waals surface area contributed by atoms with Gasteiger partial charge in [-0.25, -0.2) is 4.98 Å². The molecule has 1 amide bonds. The summed E-state index contributed by atoms with van der Waals surface area (Å²) in [5.74, 6) is 2.87. The first kappa shape index (κ1) is 18.2. The summed E-state index contributed by atoms with van der Waals surface area (Å²) in [4.78, 5) is 19.4. The van der Waals surface area contributed by atoms with Crippen LogP contribution >= 0.6 is 0 Å². The third kappa shape index (κ3) is 6.89. The number of anilines is 1. The zero-order chi connectivity index (χ0) is 17.9. The molecule has 0 saturated heterocycles. The molecule has 0 aliphatic carbocycles. The number of rotatable bonds is 9. The molecule has 0 radical (unpaired) electrons. The van der Waals surface area contributed by atoms with Gasteiger partial charge in [-0.05, 0) is 11.1 Å². The van der Waals surface area contributed by atoms with Crippen molar-refractivity contribution in [2.45, 2.75) is 19.6 Å². The van der Waals surface area contributed by atoms with Crippen LogP contribution in [-0.4, -0.2) is 29.1 Å². The maximum atomic E-state index is 11.6. The number of ether oxygens (including phenoxy) is 2. The van der Waals surface area contributed by atoms with Crippen molar-refractivity contribution in [1.82, 2.24) is 15.3 Å². The Labute approximate surface area is 146 Å². The average molecular weight is 340 g/mol. The number of carbonyl (C=O) groups is 1. The zero-order valence-electron chi connectivity index (χ0n) is 13.8. The number of amides is 1. The number of nitrogens with one attached hydrogen (secondary N) is 1. The lowest BCUT2D eigenvalue weighted by Gasteiger charge is -2.08. The van der Waals surface area contributed by atoms with Crippen molar-refractivity contribution >= 4 is 11.9 Å². The number of hydrogen-bond donors (Lipinski definition) is 2. The minimum absolute atomic E-state index is 0.0780. The van der Waals surface area contributed by atoms with E-state index < -0.39 is 0 Å². The number of nitrogen functional groups attached to an aromatic ring is 1. The molecule has 1 aromatic carbocycles. The molecule has 25 heavy (non-hydrogen) atoms. The zero-order valence-corrected chi connectivity index (χ0v) is 13.8. The Morgan fingerprint density at radius 2 is 2.00 bits per heavy atom. The molecule has 130 valence electrons. The normalized spacial score (nSPS) is 10.0. The summed E-state index contributed by atoms with van der Waals surface area (Å²) in [6, 6.07) is 9.38. The molecule has 0 atom stereocenters. The van der Waals surface area contributed by atoms with Gasteiger partial charge in [-0.2, -0.15) is 4.98 Å². The summed E-state index contributed by atoms with van der Waals surface area (Å²) in [5, 5.41) is 2.83. The molecule has 0 saturated carbocycles. The van der Waals surface area contributed by atoms with E-state index in [1.165, 1.54) is 0 Å². The molecule has 2 aromatic rings. The van der Waals surface area contributed by atoms with E-state index in [0.29, 0.717) is 25.6 Å². The van der Waals surface area contributed by atoms with E-state index in [0.717, 1.165) is 11.1 Å². The van der Waals surface area contributed by atoms with Gasteiger partial charge in [-0.15, -0.1) is 6.42 Å². The van der Waals surface area contributed by atoms with Crippen LogP contribution in [0.2, 0.25) is 0 Å². The quantitative estimate of drug-likeness (QED) is 0.527. The Morgan fingerprint density at radius 1 is 1.24 bits per heavy atom. The maximum absolute atomic E-state index is 11.6. The number of aromatic nitrogens is 2. The molecule has 3 N–H and O–H groups in total. The summed E-state index contributed by atoms with van der Waals surface area (Å²) < 4.78 is 10.6. The topological polar surface area (TPSA) is 99.4 Å². The maximum Gasteiger partial charge on any atom is 0.223 e. The Hall–Kier alpha value is -3.11. The molecule has 0 unspecified atom stereocenters. The SMILES string of the molecule is C#CCOCCC(=O)NCc1ccc(COc2ccnc(N)n2)cc1. The van der Waals surface area contributed by atoms with Crippen molar-refractivity contribution in [2.75, 3.05) is 18.9 Å². The molecule has 2 rings (SSSR count). The van der Waals surface area contributed by atoms with Crippen LogP contribution in [0.15, 0.2) is 36.5 Å². The minimum Gasteiger partial charge on any atom is -0.473 e. The lowest BCUT2D eigenvalue weighted by molar-refractivity contribution is -0.122. The van der Waals surface area contributed by atoms with Crippen LogP contribution in [0.25, 0.3) is 0 Å². The molecule has 0 spiro atoms. The van der Waals surface area contributed by atoms with Crippen molar-refractivity contribution in [3.05, 3.63) is 47.7 Å². The van der Waals surface area contributed by atoms with Gasteiger partial charge >= 0.3 is 0 Å². The predicted octanol–water partition coefficient (Wildman–Crippen LogP) is 1.29. The minimum atomic E-state index is -0.0780. The molecule has 0 bridgehead atoms. The van der Waals surface area contributed by atoms with Crippen LogP contribution in [0, 0.1) is 12.3 Å². The Balaban J connectivity index is 1.72. The van der Waals surface area contributed by atoms with Gasteiger partial charge in [0.2, 0.25) is 17.7 Å². The summed E-state index contributed by atoms with van der Waals surface area (Å²) in [6.45, 7) is 1.37. The van der Waals surface area contributed by atoms with Gasteiger partial charge in [0.25, 0.3) is 0 Å². The van der Waals surface area contributed by atoms with Gasteiger partial charge in [0, 0.05) is 18.8 Å². The monoisotopic (exact) mass is 340 g/mol. The van der Waals surface area contributed by atoms with Gasteiger partial charge in [-0.1, -0.05) is 30.2 Å². The Kier molecular flexibility index (Phi) is 7.22. The lowest BCUT2D eigenvalue weighted by Crippen LogP contribution is -2.23. The molecule has 0 aliphatic heterocycles. The first-order chi connectivity index (χ1) is 12.2. The van der Waals surface area contributed by atoms with Crippen LogP contribution in [0.4, 0.5) is 5.95 Å². The number of carbonyl (C=O) groups excluding carboxylic acids is 1. The second-order valence-electron chi connectivity index (χ2n) is 5.14. The Bertz CT molecular complexity index is 726. The van der Waals surface area contributed by atoms with Crippen molar-refractivity contribution in [1.29, 1.82) is 0 Å². The lowest BCUT2D eigenvalue weighted by atomic mass is 10.1. The molecule has 1 heterocycles. The average Bonchev–Trinajstić information content (AvgIpc) is 2.63. The van der Waals surface area contributed by atoms with Crippen molar-refractivity contribution < 1.29 is 14.3 Å². The number of benzene rings is 1. The third-order valence-electron chi connectivity index (χ3n) is 3.21. The summed E-state index contributed by atoms with van der Waals surface area (Å²) >= 11 is 0. The first-order valence-corrected chi connectivity index (χ1v) is 7.74. The molecule has 7 nitrogen and oxygen atoms in total. The van der Waals surface area contributed by atoms with E-state index in [1.54, 1.807) is 12.3 Å². The van der Waals surface area contributed by atoms with E-state index >= 15 is 0 Å².